The first-order chi connectivity index (χ1) is 9.26. The molecule has 0 aromatic carbocycles. The fourth-order valence-electron chi connectivity index (χ4n) is 1.78. The number of aryl methyl sites for hydroxylation is 1. The maximum Gasteiger partial charge on any atom is 0.225 e. The molecule has 0 saturated carbocycles. The third-order valence-electron chi connectivity index (χ3n) is 2.71. The first-order valence-electron chi connectivity index (χ1n) is 6.10. The molecule has 0 unspecified atom stereocenters. The third kappa shape index (κ3) is 3.07. The van der Waals surface area contributed by atoms with Crippen LogP contribution < -0.4 is 9.88 Å². The minimum absolute atomic E-state index is 0.000539. The van der Waals surface area contributed by atoms with Gasteiger partial charge in [-0.05, 0) is 0 Å². The van der Waals surface area contributed by atoms with Crippen molar-refractivity contribution < 1.29 is 14.8 Å². The molecule has 2 aromatic rings. The number of aromatic nitrogens is 4. The van der Waals surface area contributed by atoms with Crippen molar-refractivity contribution >= 4 is 5.95 Å². The Morgan fingerprint density at radius 2 is 1.95 bits per heavy atom. The van der Waals surface area contributed by atoms with Crippen LogP contribution in [0.25, 0.3) is 11.4 Å². The fraction of sp³-hybridized carbons (Fsp3) is 0.417. The van der Waals surface area contributed by atoms with Gasteiger partial charge < -0.3 is 15.5 Å². The van der Waals surface area contributed by atoms with Crippen LogP contribution in [0.15, 0.2) is 24.5 Å². The summed E-state index contributed by atoms with van der Waals surface area (Å²) < 4.78 is 3.73. The van der Waals surface area contributed by atoms with Crippen LogP contribution >= 0.6 is 0 Å². The first-order valence-corrected chi connectivity index (χ1v) is 6.10. The maximum atomic E-state index is 9.15. The van der Waals surface area contributed by atoms with Gasteiger partial charge >= 0.3 is 0 Å². The van der Waals surface area contributed by atoms with Crippen molar-refractivity contribution in [1.29, 1.82) is 0 Å². The van der Waals surface area contributed by atoms with Crippen molar-refractivity contribution in [3.05, 3.63) is 24.5 Å². The third-order valence-corrected chi connectivity index (χ3v) is 2.71. The molecule has 19 heavy (non-hydrogen) atoms. The average Bonchev–Trinajstić information content (AvgIpc) is 2.81. The summed E-state index contributed by atoms with van der Waals surface area (Å²) in [7, 11) is 1.94. The van der Waals surface area contributed by atoms with E-state index in [1.807, 2.05) is 36.1 Å². The lowest BCUT2D eigenvalue weighted by Crippen LogP contribution is -2.25. The molecule has 102 valence electrons. The number of pyridine rings is 1. The molecular formula is C12H18N5O2+. The second kappa shape index (κ2) is 6.26. The molecule has 0 aliphatic rings. The maximum absolute atomic E-state index is 9.15. The summed E-state index contributed by atoms with van der Waals surface area (Å²) >= 11 is 0. The largest absolute Gasteiger partial charge is 0.395 e. The van der Waals surface area contributed by atoms with Crippen molar-refractivity contribution in [3.8, 4) is 11.4 Å². The summed E-state index contributed by atoms with van der Waals surface area (Å²) in [6, 6.07) is 3.88. The van der Waals surface area contributed by atoms with Crippen LogP contribution in [-0.2, 0) is 13.6 Å². The summed E-state index contributed by atoms with van der Waals surface area (Å²) in [4.78, 5) is 0. The van der Waals surface area contributed by atoms with Gasteiger partial charge in [0, 0.05) is 24.2 Å². The minimum Gasteiger partial charge on any atom is -0.395 e. The molecule has 2 rings (SSSR count). The molecule has 2 heterocycles. The number of hydrogen-bond acceptors (Lipinski definition) is 5. The van der Waals surface area contributed by atoms with Crippen molar-refractivity contribution in [2.24, 2.45) is 7.05 Å². The van der Waals surface area contributed by atoms with Gasteiger partial charge in [-0.3, -0.25) is 4.57 Å². The molecule has 0 fully saturated rings. The first kappa shape index (κ1) is 13.4. The Balaban J connectivity index is 2.33. The number of nitrogens with one attached hydrogen (secondary N) is 1. The van der Waals surface area contributed by atoms with Crippen molar-refractivity contribution in [1.82, 2.24) is 14.8 Å². The van der Waals surface area contributed by atoms with E-state index in [0.717, 1.165) is 5.56 Å². The summed E-state index contributed by atoms with van der Waals surface area (Å²) in [5.41, 5.74) is 0.927. The van der Waals surface area contributed by atoms with Gasteiger partial charge in [0.05, 0.1) is 19.8 Å². The Labute approximate surface area is 111 Å². The van der Waals surface area contributed by atoms with Gasteiger partial charge in [0.25, 0.3) is 0 Å². The lowest BCUT2D eigenvalue weighted by molar-refractivity contribution is -0.671. The SMILES string of the molecule is C[n+]1ccc(-c2nnc(NCCO)n2CCO)cc1. The van der Waals surface area contributed by atoms with Gasteiger partial charge in [-0.2, -0.15) is 0 Å². The molecule has 0 aliphatic carbocycles. The van der Waals surface area contributed by atoms with E-state index in [1.165, 1.54) is 0 Å². The predicted molar refractivity (Wildman–Crippen MR) is 69.3 cm³/mol. The van der Waals surface area contributed by atoms with Crippen LogP contribution in [0.2, 0.25) is 0 Å². The zero-order valence-corrected chi connectivity index (χ0v) is 10.8. The van der Waals surface area contributed by atoms with Crippen LogP contribution in [0.1, 0.15) is 0 Å². The van der Waals surface area contributed by atoms with Crippen molar-refractivity contribution in [3.63, 3.8) is 0 Å². The van der Waals surface area contributed by atoms with E-state index >= 15 is 0 Å². The van der Waals surface area contributed by atoms with Crippen molar-refractivity contribution in [2.45, 2.75) is 6.54 Å². The van der Waals surface area contributed by atoms with E-state index in [9.17, 15) is 0 Å². The number of aliphatic hydroxyl groups excluding tert-OH is 2. The highest BCUT2D eigenvalue weighted by molar-refractivity contribution is 5.56. The minimum atomic E-state index is -0.000539. The van der Waals surface area contributed by atoms with Gasteiger partial charge in [-0.1, -0.05) is 0 Å². The predicted octanol–water partition coefficient (Wildman–Crippen LogP) is -0.834. The fourth-order valence-corrected chi connectivity index (χ4v) is 1.78. The van der Waals surface area contributed by atoms with Gasteiger partial charge in [0.2, 0.25) is 5.95 Å². The van der Waals surface area contributed by atoms with Crippen LogP contribution in [-0.4, -0.2) is 44.7 Å². The van der Waals surface area contributed by atoms with E-state index in [1.54, 1.807) is 4.57 Å². The summed E-state index contributed by atoms with van der Waals surface area (Å²) in [6.07, 6.45) is 3.85. The molecule has 0 saturated heterocycles. The van der Waals surface area contributed by atoms with Gasteiger partial charge in [0.15, 0.2) is 18.2 Å². The second-order valence-corrected chi connectivity index (χ2v) is 4.13. The molecule has 0 radical (unpaired) electrons. The number of anilines is 1. The number of aliphatic hydroxyl groups is 2. The summed E-state index contributed by atoms with van der Waals surface area (Å²) in [5, 5.41) is 29.1. The van der Waals surface area contributed by atoms with E-state index in [0.29, 0.717) is 24.9 Å². The van der Waals surface area contributed by atoms with Crippen LogP contribution in [0, 0.1) is 0 Å². The molecule has 0 bridgehead atoms. The van der Waals surface area contributed by atoms with Crippen LogP contribution in [0.3, 0.4) is 0 Å². The smallest absolute Gasteiger partial charge is 0.225 e. The molecule has 0 atom stereocenters. The number of hydrogen-bond donors (Lipinski definition) is 3. The molecule has 0 aliphatic heterocycles. The Morgan fingerprint density at radius 1 is 1.21 bits per heavy atom. The quantitative estimate of drug-likeness (QED) is 0.593. The molecule has 3 N–H and O–H groups in total. The second-order valence-electron chi connectivity index (χ2n) is 4.13. The van der Waals surface area contributed by atoms with Gasteiger partial charge in [0.1, 0.15) is 7.05 Å². The highest BCUT2D eigenvalue weighted by atomic mass is 16.3. The molecule has 7 nitrogen and oxygen atoms in total. The van der Waals surface area contributed by atoms with E-state index in [2.05, 4.69) is 15.5 Å². The van der Waals surface area contributed by atoms with Gasteiger partial charge in [-0.25, -0.2) is 4.57 Å². The molecule has 7 heteroatoms. The summed E-state index contributed by atoms with van der Waals surface area (Å²) in [6.45, 7) is 0.812. The number of rotatable bonds is 6. The van der Waals surface area contributed by atoms with Gasteiger partial charge in [-0.15, -0.1) is 10.2 Å². The Morgan fingerprint density at radius 3 is 2.58 bits per heavy atom. The topological polar surface area (TPSA) is 87.1 Å². The van der Waals surface area contributed by atoms with E-state index in [-0.39, 0.29) is 13.2 Å². The average molecular weight is 264 g/mol. The highest BCUT2D eigenvalue weighted by Crippen LogP contribution is 2.19. The molecular weight excluding hydrogens is 246 g/mol. The lowest BCUT2D eigenvalue weighted by Gasteiger charge is -2.09. The summed E-state index contributed by atoms with van der Waals surface area (Å²) in [5.74, 6) is 1.24. The molecule has 0 amide bonds. The number of nitrogens with zero attached hydrogens (tertiary/aromatic N) is 4. The Hall–Kier alpha value is -1.99. The van der Waals surface area contributed by atoms with E-state index < -0.39 is 0 Å². The standard InChI is InChI=1S/C12H17N5O2/c1-16-5-2-10(3-6-16)11-14-15-12(13-4-8-18)17(11)7-9-19/h2-3,5-6,18-19H,4,7-9H2,1H3/p+1. The van der Waals surface area contributed by atoms with Crippen LogP contribution in [0.5, 0.6) is 0 Å². The highest BCUT2D eigenvalue weighted by Gasteiger charge is 2.13. The normalized spacial score (nSPS) is 10.7. The van der Waals surface area contributed by atoms with Crippen molar-refractivity contribution in [2.75, 3.05) is 25.1 Å². The Kier molecular flexibility index (Phi) is 4.43. The zero-order valence-electron chi connectivity index (χ0n) is 10.8. The zero-order chi connectivity index (χ0) is 13.7. The molecule has 0 spiro atoms. The van der Waals surface area contributed by atoms with E-state index in [4.69, 9.17) is 10.2 Å². The molecule has 2 aromatic heterocycles. The monoisotopic (exact) mass is 264 g/mol. The van der Waals surface area contributed by atoms with Crippen LogP contribution in [0.4, 0.5) is 5.95 Å². The Bertz CT molecular complexity index is 523. The lowest BCUT2D eigenvalue weighted by atomic mass is 10.2.